The van der Waals surface area contributed by atoms with Gasteiger partial charge in [-0.15, -0.1) is 0 Å². The minimum absolute atomic E-state index is 0.0522. The summed E-state index contributed by atoms with van der Waals surface area (Å²) in [4.78, 5) is 63.7. The molecule has 0 aliphatic heterocycles. The Hall–Kier alpha value is -2.79. The molecule has 2 unspecified atom stereocenters. The van der Waals surface area contributed by atoms with Crippen molar-refractivity contribution in [2.24, 2.45) is 11.5 Å². The number of hydrogen-bond donors (Lipinski definition) is 3. The van der Waals surface area contributed by atoms with E-state index in [1.165, 1.54) is 0 Å². The number of nitrogens with zero attached hydrogens (tertiary/aromatic N) is 1. The summed E-state index contributed by atoms with van der Waals surface area (Å²) >= 11 is 3.02. The highest BCUT2D eigenvalue weighted by molar-refractivity contribution is 9.09. The van der Waals surface area contributed by atoms with Crippen molar-refractivity contribution in [3.63, 3.8) is 0 Å². The van der Waals surface area contributed by atoms with Crippen LogP contribution >= 0.6 is 15.9 Å². The maximum atomic E-state index is 13.4. The Morgan fingerprint density at radius 3 is 2.15 bits per heavy atom. The largest absolute Gasteiger partial charge is 0.479 e. The Morgan fingerprint density at radius 1 is 1.09 bits per heavy atom. The van der Waals surface area contributed by atoms with Gasteiger partial charge in [-0.2, -0.15) is 0 Å². The summed E-state index contributed by atoms with van der Waals surface area (Å²) in [7, 11) is 0. The summed E-state index contributed by atoms with van der Waals surface area (Å²) in [6.07, 6.45) is -1.18. The van der Waals surface area contributed by atoms with E-state index >= 15 is 0 Å². The molecule has 0 spiro atoms. The third-order valence-electron chi connectivity index (χ3n) is 5.11. The van der Waals surface area contributed by atoms with Crippen molar-refractivity contribution in [3.05, 3.63) is 35.9 Å². The van der Waals surface area contributed by atoms with Crippen LogP contribution in [0.4, 0.5) is 0 Å². The van der Waals surface area contributed by atoms with Crippen LogP contribution in [0.3, 0.4) is 0 Å². The standard InChI is InChI=1S/C23H32BrN3O7/c1-22(2,3)27(19(30)17(25)9-10-18(26)29)23(20(31)32,12-11-16(28)13-24)21(33)34-14-15-7-5-4-6-8-15/h4-8,17H,9-14,25H2,1-3H3,(H2,26,29)(H,31,32). The summed E-state index contributed by atoms with van der Waals surface area (Å²) in [5.74, 6) is -4.77. The molecule has 0 radical (unpaired) electrons. The van der Waals surface area contributed by atoms with E-state index in [1.807, 2.05) is 0 Å². The van der Waals surface area contributed by atoms with Crippen molar-refractivity contribution in [2.75, 3.05) is 5.33 Å². The van der Waals surface area contributed by atoms with E-state index in [0.29, 0.717) is 5.56 Å². The number of alkyl halides is 1. The second-order valence-electron chi connectivity index (χ2n) is 8.86. The molecular formula is C23H32BrN3O7. The lowest BCUT2D eigenvalue weighted by atomic mass is 9.84. The molecule has 0 heterocycles. The molecule has 188 valence electrons. The summed E-state index contributed by atoms with van der Waals surface area (Å²) in [6, 6.07) is 7.30. The highest BCUT2D eigenvalue weighted by atomic mass is 79.9. The van der Waals surface area contributed by atoms with Crippen LogP contribution < -0.4 is 11.5 Å². The molecule has 0 bridgehead atoms. The molecule has 34 heavy (non-hydrogen) atoms. The van der Waals surface area contributed by atoms with Crippen molar-refractivity contribution in [1.29, 1.82) is 0 Å². The number of carbonyl (C=O) groups excluding carboxylic acids is 4. The number of esters is 1. The van der Waals surface area contributed by atoms with Gasteiger partial charge in [0, 0.05) is 18.4 Å². The van der Waals surface area contributed by atoms with Crippen LogP contribution in [0.25, 0.3) is 0 Å². The van der Waals surface area contributed by atoms with E-state index in [9.17, 15) is 29.1 Å². The van der Waals surface area contributed by atoms with Gasteiger partial charge < -0.3 is 26.2 Å². The van der Waals surface area contributed by atoms with Crippen LogP contribution in [0, 0.1) is 0 Å². The number of carboxylic acid groups (broad SMARTS) is 1. The van der Waals surface area contributed by atoms with Crippen LogP contribution in [0.15, 0.2) is 30.3 Å². The minimum Gasteiger partial charge on any atom is -0.479 e. The van der Waals surface area contributed by atoms with Crippen LogP contribution in [-0.2, 0) is 35.3 Å². The number of amides is 2. The number of rotatable bonds is 13. The van der Waals surface area contributed by atoms with E-state index in [0.717, 1.165) is 4.90 Å². The molecule has 1 aromatic carbocycles. The van der Waals surface area contributed by atoms with Crippen molar-refractivity contribution >= 4 is 45.5 Å². The lowest BCUT2D eigenvalue weighted by molar-refractivity contribution is -0.184. The quantitative estimate of drug-likeness (QED) is 0.191. The number of Topliss-reactive ketones (excluding diaryl/α,β-unsaturated/α-hetero) is 1. The molecule has 0 saturated heterocycles. The highest BCUT2D eigenvalue weighted by Crippen LogP contribution is 2.33. The first kappa shape index (κ1) is 29.2. The molecule has 0 aromatic heterocycles. The monoisotopic (exact) mass is 541 g/mol. The minimum atomic E-state index is -2.54. The number of primary amides is 1. The van der Waals surface area contributed by atoms with Crippen molar-refractivity contribution in [3.8, 4) is 0 Å². The number of aliphatic carboxylic acids is 1. The van der Waals surface area contributed by atoms with Crippen molar-refractivity contribution < 1.29 is 33.8 Å². The van der Waals surface area contributed by atoms with Gasteiger partial charge in [-0.1, -0.05) is 46.3 Å². The Balaban J connectivity index is 3.52. The SMILES string of the molecule is CC(C)(C)N(C(=O)C(N)CCC(N)=O)C(CCC(=O)CBr)(C(=O)O)C(=O)OCc1ccccc1. The second kappa shape index (κ2) is 12.6. The molecule has 1 aromatic rings. The molecule has 1 rings (SSSR count). The van der Waals surface area contributed by atoms with Gasteiger partial charge in [0.15, 0.2) is 0 Å². The number of ether oxygens (including phenoxy) is 1. The van der Waals surface area contributed by atoms with Crippen molar-refractivity contribution in [1.82, 2.24) is 4.90 Å². The molecule has 10 nitrogen and oxygen atoms in total. The fourth-order valence-corrected chi connectivity index (χ4v) is 3.78. The summed E-state index contributed by atoms with van der Waals surface area (Å²) in [5, 5.41) is 10.3. The first-order valence-electron chi connectivity index (χ1n) is 10.7. The molecule has 0 fully saturated rings. The average Bonchev–Trinajstić information content (AvgIpc) is 2.77. The Kier molecular flexibility index (Phi) is 10.8. The van der Waals surface area contributed by atoms with Gasteiger partial charge in [0.05, 0.1) is 11.4 Å². The predicted octanol–water partition coefficient (Wildman–Crippen LogP) is 1.52. The van der Waals surface area contributed by atoms with Gasteiger partial charge >= 0.3 is 11.9 Å². The zero-order chi connectivity index (χ0) is 26.1. The molecule has 11 heteroatoms. The van der Waals surface area contributed by atoms with Gasteiger partial charge in [-0.25, -0.2) is 9.59 Å². The fourth-order valence-electron chi connectivity index (χ4n) is 3.50. The van der Waals surface area contributed by atoms with Crippen LogP contribution in [-0.4, -0.2) is 62.0 Å². The van der Waals surface area contributed by atoms with E-state index in [1.54, 1.807) is 51.1 Å². The fraction of sp³-hybridized carbons (Fsp3) is 0.522. The molecule has 0 aliphatic rings. The number of benzene rings is 1. The Labute approximate surface area is 207 Å². The van der Waals surface area contributed by atoms with Gasteiger partial charge in [-0.05, 0) is 39.2 Å². The second-order valence-corrected chi connectivity index (χ2v) is 9.42. The molecule has 0 aliphatic carbocycles. The molecule has 2 amide bonds. The molecule has 2 atom stereocenters. The average molecular weight is 542 g/mol. The zero-order valence-electron chi connectivity index (χ0n) is 19.6. The first-order chi connectivity index (χ1) is 15.8. The highest BCUT2D eigenvalue weighted by Gasteiger charge is 2.58. The summed E-state index contributed by atoms with van der Waals surface area (Å²) < 4.78 is 5.37. The number of hydrogen-bond acceptors (Lipinski definition) is 7. The maximum absolute atomic E-state index is 13.4. The van der Waals surface area contributed by atoms with Crippen LogP contribution in [0.1, 0.15) is 52.0 Å². The van der Waals surface area contributed by atoms with Gasteiger partial charge in [0.25, 0.3) is 0 Å². The van der Waals surface area contributed by atoms with E-state index in [2.05, 4.69) is 15.9 Å². The Bertz CT molecular complexity index is 902. The van der Waals surface area contributed by atoms with E-state index < -0.39 is 47.3 Å². The van der Waals surface area contributed by atoms with Crippen LogP contribution in [0.2, 0.25) is 0 Å². The zero-order valence-corrected chi connectivity index (χ0v) is 21.2. The molecule has 5 N–H and O–H groups in total. The summed E-state index contributed by atoms with van der Waals surface area (Å²) in [6.45, 7) is 4.39. The topological polar surface area (TPSA) is 170 Å². The number of carbonyl (C=O) groups is 5. The molecule has 0 saturated carbocycles. The van der Waals surface area contributed by atoms with Crippen LogP contribution in [0.5, 0.6) is 0 Å². The third kappa shape index (κ3) is 7.63. The number of halogens is 1. The van der Waals surface area contributed by atoms with Gasteiger partial charge in [0.2, 0.25) is 17.4 Å². The first-order valence-corrected chi connectivity index (χ1v) is 11.8. The van der Waals surface area contributed by atoms with Gasteiger partial charge in [0.1, 0.15) is 12.4 Å². The number of nitrogens with two attached hydrogens (primary N) is 2. The lowest BCUT2D eigenvalue weighted by Gasteiger charge is -2.47. The van der Waals surface area contributed by atoms with Gasteiger partial charge in [-0.3, -0.25) is 14.4 Å². The molecular weight excluding hydrogens is 510 g/mol. The lowest BCUT2D eigenvalue weighted by Crippen LogP contribution is -2.70. The van der Waals surface area contributed by atoms with Crippen molar-refractivity contribution in [2.45, 2.75) is 70.2 Å². The summed E-state index contributed by atoms with van der Waals surface area (Å²) in [5.41, 5.74) is 7.99. The maximum Gasteiger partial charge on any atom is 0.344 e. The number of carboxylic acids is 1. The Morgan fingerprint density at radius 2 is 1.68 bits per heavy atom. The van der Waals surface area contributed by atoms with E-state index in [-0.39, 0.29) is 37.0 Å². The van der Waals surface area contributed by atoms with E-state index in [4.69, 9.17) is 16.2 Å². The predicted molar refractivity (Wildman–Crippen MR) is 128 cm³/mol. The number of ketones is 1. The third-order valence-corrected chi connectivity index (χ3v) is 5.74. The smallest absolute Gasteiger partial charge is 0.344 e. The normalized spacial score (nSPS) is 13.9.